The van der Waals surface area contributed by atoms with Gasteiger partial charge in [0.05, 0.1) is 0 Å². The molecule has 2 aromatic carbocycles. The van der Waals surface area contributed by atoms with Gasteiger partial charge in [0, 0.05) is 17.2 Å². The molecule has 2 aromatic rings. The molecule has 0 radical (unpaired) electrons. The first-order valence-corrected chi connectivity index (χ1v) is 8.24. The summed E-state index contributed by atoms with van der Waals surface area (Å²) in [5.74, 6) is 1.04. The minimum atomic E-state index is 0.965. The highest BCUT2D eigenvalue weighted by atomic mass is 32.2. The Balaban J connectivity index is 1.91. The highest BCUT2D eigenvalue weighted by Crippen LogP contribution is 2.24. The zero-order valence-electron chi connectivity index (χ0n) is 12.4. The van der Waals surface area contributed by atoms with Crippen LogP contribution < -0.4 is 5.32 Å². The van der Waals surface area contributed by atoms with Crippen molar-refractivity contribution in [3.05, 3.63) is 65.2 Å². The zero-order chi connectivity index (χ0) is 14.2. The van der Waals surface area contributed by atoms with Crippen molar-refractivity contribution < 1.29 is 0 Å². The van der Waals surface area contributed by atoms with Crippen LogP contribution >= 0.6 is 11.8 Å². The van der Waals surface area contributed by atoms with Gasteiger partial charge in [0.25, 0.3) is 0 Å². The standard InChI is InChI=1S/C18H23NS/c1-3-10-19-13-16-7-5-9-18(12-16)20-14-17-8-4-6-15(2)11-17/h4-9,11-12,19H,3,10,13-14H2,1-2H3. The minimum absolute atomic E-state index is 0.965. The first kappa shape index (κ1) is 15.1. The second-order valence-corrected chi connectivity index (χ2v) is 6.15. The maximum atomic E-state index is 3.45. The van der Waals surface area contributed by atoms with Gasteiger partial charge in [0.15, 0.2) is 0 Å². The van der Waals surface area contributed by atoms with Gasteiger partial charge in [-0.3, -0.25) is 0 Å². The fourth-order valence-corrected chi connectivity index (χ4v) is 3.05. The Kier molecular flexibility index (Phi) is 6.16. The lowest BCUT2D eigenvalue weighted by molar-refractivity contribution is 0.674. The monoisotopic (exact) mass is 285 g/mol. The lowest BCUT2D eigenvalue weighted by atomic mass is 10.2. The number of rotatable bonds is 7. The summed E-state index contributed by atoms with van der Waals surface area (Å²) >= 11 is 1.91. The van der Waals surface area contributed by atoms with Crippen molar-refractivity contribution in [2.45, 2.75) is 37.5 Å². The predicted molar refractivity (Wildman–Crippen MR) is 89.2 cm³/mol. The first-order chi connectivity index (χ1) is 9.78. The van der Waals surface area contributed by atoms with Gasteiger partial charge in [0.2, 0.25) is 0 Å². The third-order valence-electron chi connectivity index (χ3n) is 3.14. The molecule has 0 heterocycles. The molecule has 0 unspecified atom stereocenters. The maximum absolute atomic E-state index is 3.45. The van der Waals surface area contributed by atoms with Gasteiger partial charge in [-0.1, -0.05) is 48.9 Å². The van der Waals surface area contributed by atoms with Crippen LogP contribution in [0.25, 0.3) is 0 Å². The number of thioether (sulfide) groups is 1. The summed E-state index contributed by atoms with van der Waals surface area (Å²) in [6, 6.07) is 17.6. The SMILES string of the molecule is CCCNCc1cccc(SCc2cccc(C)c2)c1. The molecule has 0 aliphatic carbocycles. The minimum Gasteiger partial charge on any atom is -0.313 e. The van der Waals surface area contributed by atoms with Crippen molar-refractivity contribution in [3.63, 3.8) is 0 Å². The Morgan fingerprint density at radius 3 is 2.60 bits per heavy atom. The largest absolute Gasteiger partial charge is 0.313 e. The van der Waals surface area contributed by atoms with E-state index in [2.05, 4.69) is 67.7 Å². The van der Waals surface area contributed by atoms with E-state index in [1.807, 2.05) is 11.8 Å². The Morgan fingerprint density at radius 1 is 1.00 bits per heavy atom. The molecule has 0 saturated heterocycles. The van der Waals surface area contributed by atoms with E-state index >= 15 is 0 Å². The fraction of sp³-hybridized carbons (Fsp3) is 0.333. The molecule has 20 heavy (non-hydrogen) atoms. The van der Waals surface area contributed by atoms with E-state index < -0.39 is 0 Å². The zero-order valence-corrected chi connectivity index (χ0v) is 13.2. The number of nitrogens with one attached hydrogen (secondary N) is 1. The van der Waals surface area contributed by atoms with E-state index in [9.17, 15) is 0 Å². The number of hydrogen-bond donors (Lipinski definition) is 1. The molecule has 0 spiro atoms. The molecule has 0 aliphatic rings. The van der Waals surface area contributed by atoms with Crippen molar-refractivity contribution in [2.75, 3.05) is 6.54 Å². The molecule has 0 bridgehead atoms. The second kappa shape index (κ2) is 8.13. The van der Waals surface area contributed by atoms with Crippen molar-refractivity contribution in [2.24, 2.45) is 0 Å². The Bertz CT molecular complexity index is 536. The van der Waals surface area contributed by atoms with Crippen molar-refractivity contribution in [3.8, 4) is 0 Å². The summed E-state index contributed by atoms with van der Waals surface area (Å²) in [4.78, 5) is 1.35. The molecule has 1 nitrogen and oxygen atoms in total. The molecule has 1 N–H and O–H groups in total. The van der Waals surface area contributed by atoms with Gasteiger partial charge in [-0.2, -0.15) is 0 Å². The molecule has 2 rings (SSSR count). The molecule has 106 valence electrons. The van der Waals surface area contributed by atoms with Crippen LogP contribution in [-0.4, -0.2) is 6.54 Å². The smallest absolute Gasteiger partial charge is 0.0232 e. The maximum Gasteiger partial charge on any atom is 0.0232 e. The van der Waals surface area contributed by atoms with E-state index in [1.54, 1.807) is 0 Å². The van der Waals surface area contributed by atoms with E-state index in [4.69, 9.17) is 0 Å². The number of aryl methyl sites for hydroxylation is 1. The van der Waals surface area contributed by atoms with Gasteiger partial charge < -0.3 is 5.32 Å². The van der Waals surface area contributed by atoms with E-state index in [1.165, 1.54) is 28.0 Å². The normalized spacial score (nSPS) is 10.7. The summed E-state index contributed by atoms with van der Waals surface area (Å²) in [5.41, 5.74) is 4.10. The van der Waals surface area contributed by atoms with Crippen molar-refractivity contribution >= 4 is 11.8 Å². The summed E-state index contributed by atoms with van der Waals surface area (Å²) in [5, 5.41) is 3.45. The molecule has 0 atom stereocenters. The number of hydrogen-bond acceptors (Lipinski definition) is 2. The van der Waals surface area contributed by atoms with Crippen LogP contribution in [0, 0.1) is 6.92 Å². The topological polar surface area (TPSA) is 12.0 Å². The predicted octanol–water partition coefficient (Wildman–Crippen LogP) is 4.79. The Morgan fingerprint density at radius 2 is 1.80 bits per heavy atom. The van der Waals surface area contributed by atoms with Gasteiger partial charge in [-0.25, -0.2) is 0 Å². The highest BCUT2D eigenvalue weighted by Gasteiger charge is 1.99. The average molecular weight is 285 g/mol. The average Bonchev–Trinajstić information content (AvgIpc) is 2.46. The number of benzene rings is 2. The first-order valence-electron chi connectivity index (χ1n) is 7.26. The molecular formula is C18H23NS. The summed E-state index contributed by atoms with van der Waals surface area (Å²) in [7, 11) is 0. The third-order valence-corrected chi connectivity index (χ3v) is 4.21. The molecule has 0 aromatic heterocycles. The van der Waals surface area contributed by atoms with E-state index in [0.717, 1.165) is 18.8 Å². The lowest BCUT2D eigenvalue weighted by Crippen LogP contribution is -2.13. The van der Waals surface area contributed by atoms with Gasteiger partial charge in [-0.15, -0.1) is 11.8 Å². The van der Waals surface area contributed by atoms with Gasteiger partial charge in [0.1, 0.15) is 0 Å². The van der Waals surface area contributed by atoms with Gasteiger partial charge in [-0.05, 0) is 43.1 Å². The highest BCUT2D eigenvalue weighted by molar-refractivity contribution is 7.98. The van der Waals surface area contributed by atoms with E-state index in [-0.39, 0.29) is 0 Å². The van der Waals surface area contributed by atoms with Crippen LogP contribution in [0.15, 0.2) is 53.4 Å². The summed E-state index contributed by atoms with van der Waals surface area (Å²) in [6.45, 7) is 6.39. The molecule has 0 aliphatic heterocycles. The second-order valence-electron chi connectivity index (χ2n) is 5.10. The van der Waals surface area contributed by atoms with Crippen LogP contribution in [-0.2, 0) is 12.3 Å². The van der Waals surface area contributed by atoms with E-state index in [0.29, 0.717) is 0 Å². The summed E-state index contributed by atoms with van der Waals surface area (Å²) in [6.07, 6.45) is 1.18. The lowest BCUT2D eigenvalue weighted by Gasteiger charge is -2.07. The van der Waals surface area contributed by atoms with Gasteiger partial charge >= 0.3 is 0 Å². The molecule has 0 fully saturated rings. The molecule has 2 heteroatoms. The fourth-order valence-electron chi connectivity index (χ4n) is 2.12. The third kappa shape index (κ3) is 5.03. The van der Waals surface area contributed by atoms with Crippen LogP contribution in [0.3, 0.4) is 0 Å². The van der Waals surface area contributed by atoms with Crippen LogP contribution in [0.4, 0.5) is 0 Å². The molecule has 0 amide bonds. The van der Waals surface area contributed by atoms with Crippen LogP contribution in [0.5, 0.6) is 0 Å². The quantitative estimate of drug-likeness (QED) is 0.580. The summed E-state index contributed by atoms with van der Waals surface area (Å²) < 4.78 is 0. The van der Waals surface area contributed by atoms with Crippen molar-refractivity contribution in [1.29, 1.82) is 0 Å². The molecule has 0 saturated carbocycles. The van der Waals surface area contributed by atoms with Crippen LogP contribution in [0.1, 0.15) is 30.0 Å². The Hall–Kier alpha value is -1.25. The van der Waals surface area contributed by atoms with Crippen molar-refractivity contribution in [1.82, 2.24) is 5.32 Å². The molecular weight excluding hydrogens is 262 g/mol. The Labute approximate surface area is 126 Å². The van der Waals surface area contributed by atoms with Crippen LogP contribution in [0.2, 0.25) is 0 Å².